The highest BCUT2D eigenvalue weighted by Gasteiger charge is 2.52. The van der Waals surface area contributed by atoms with Crippen molar-refractivity contribution in [2.24, 2.45) is 11.3 Å². The first-order valence-electron chi connectivity index (χ1n) is 5.14. The van der Waals surface area contributed by atoms with Crippen molar-refractivity contribution in [2.45, 2.75) is 58.7 Å². The van der Waals surface area contributed by atoms with Gasteiger partial charge in [0.25, 0.3) is 0 Å². The van der Waals surface area contributed by atoms with E-state index in [2.05, 4.69) is 27.7 Å². The minimum Gasteiger partial charge on any atom is -0.372 e. The standard InChI is InChI=1S/C11H20O/c1-8-7-10(3)5-6-11(8,4)12-9(10)2/h8-9H,5-7H2,1-4H3. The van der Waals surface area contributed by atoms with Gasteiger partial charge >= 0.3 is 0 Å². The van der Waals surface area contributed by atoms with Crippen LogP contribution in [0.25, 0.3) is 0 Å². The highest BCUT2D eigenvalue weighted by atomic mass is 16.5. The van der Waals surface area contributed by atoms with Crippen LogP contribution in [0.2, 0.25) is 0 Å². The molecule has 0 aromatic rings. The maximum Gasteiger partial charge on any atom is 0.0684 e. The zero-order chi connectivity index (χ0) is 8.98. The number of fused-ring (bicyclic) bond motifs is 3. The maximum absolute atomic E-state index is 6.09. The first-order chi connectivity index (χ1) is 5.46. The highest BCUT2D eigenvalue weighted by Crippen LogP contribution is 2.54. The van der Waals surface area contributed by atoms with Crippen LogP contribution in [0, 0.1) is 11.3 Å². The second-order valence-corrected chi connectivity index (χ2v) is 5.33. The van der Waals surface area contributed by atoms with Gasteiger partial charge in [-0.2, -0.15) is 0 Å². The molecule has 1 saturated carbocycles. The molecule has 3 rings (SSSR count). The molecule has 2 bridgehead atoms. The molecule has 0 radical (unpaired) electrons. The Morgan fingerprint density at radius 3 is 2.25 bits per heavy atom. The normalized spacial score (nSPS) is 59.0. The van der Waals surface area contributed by atoms with Crippen molar-refractivity contribution in [2.75, 3.05) is 0 Å². The van der Waals surface area contributed by atoms with Gasteiger partial charge in [0.2, 0.25) is 0 Å². The van der Waals surface area contributed by atoms with Crippen LogP contribution in [0.1, 0.15) is 47.0 Å². The molecule has 2 heterocycles. The molecule has 1 aliphatic carbocycles. The lowest BCUT2D eigenvalue weighted by molar-refractivity contribution is -0.239. The van der Waals surface area contributed by atoms with Gasteiger partial charge in [-0.05, 0) is 44.4 Å². The molecule has 70 valence electrons. The molecule has 3 fully saturated rings. The Morgan fingerprint density at radius 2 is 1.83 bits per heavy atom. The first-order valence-corrected chi connectivity index (χ1v) is 5.14. The van der Waals surface area contributed by atoms with Gasteiger partial charge in [-0.3, -0.25) is 0 Å². The predicted molar refractivity (Wildman–Crippen MR) is 50.1 cm³/mol. The molecule has 12 heavy (non-hydrogen) atoms. The van der Waals surface area contributed by atoms with Crippen LogP contribution in [0.3, 0.4) is 0 Å². The fourth-order valence-corrected chi connectivity index (χ4v) is 2.89. The Bertz CT molecular complexity index is 179. The largest absolute Gasteiger partial charge is 0.372 e. The summed E-state index contributed by atoms with van der Waals surface area (Å²) in [5.41, 5.74) is 0.661. The average molecular weight is 168 g/mol. The average Bonchev–Trinajstić information content (AvgIpc) is 1.96. The molecule has 0 amide bonds. The van der Waals surface area contributed by atoms with E-state index in [-0.39, 0.29) is 5.60 Å². The monoisotopic (exact) mass is 168 g/mol. The number of ether oxygens (including phenoxy) is 1. The van der Waals surface area contributed by atoms with Crippen LogP contribution in [0.15, 0.2) is 0 Å². The summed E-state index contributed by atoms with van der Waals surface area (Å²) in [6.45, 7) is 9.24. The van der Waals surface area contributed by atoms with Crippen LogP contribution < -0.4 is 0 Å². The van der Waals surface area contributed by atoms with Crippen molar-refractivity contribution in [3.63, 3.8) is 0 Å². The Labute approximate surface area is 75.5 Å². The van der Waals surface area contributed by atoms with Crippen LogP contribution in [-0.2, 0) is 4.74 Å². The summed E-state index contributed by atoms with van der Waals surface area (Å²) < 4.78 is 6.09. The number of rotatable bonds is 0. The summed E-state index contributed by atoms with van der Waals surface area (Å²) >= 11 is 0. The number of hydrogen-bond donors (Lipinski definition) is 0. The van der Waals surface area contributed by atoms with Gasteiger partial charge in [0.05, 0.1) is 11.7 Å². The molecule has 2 saturated heterocycles. The molecule has 1 heteroatoms. The van der Waals surface area contributed by atoms with E-state index in [1.807, 2.05) is 0 Å². The van der Waals surface area contributed by atoms with E-state index in [1.54, 1.807) is 0 Å². The predicted octanol–water partition coefficient (Wildman–Crippen LogP) is 2.99. The molecule has 0 aromatic carbocycles. The zero-order valence-electron chi connectivity index (χ0n) is 8.68. The SMILES string of the molecule is CC1OC2(C)CCC1(C)CC2C. The molecule has 0 spiro atoms. The smallest absolute Gasteiger partial charge is 0.0684 e. The Morgan fingerprint density at radius 1 is 1.17 bits per heavy atom. The summed E-state index contributed by atoms with van der Waals surface area (Å²) in [5, 5.41) is 0. The fourth-order valence-electron chi connectivity index (χ4n) is 2.89. The molecular formula is C11H20O. The molecule has 0 aromatic heterocycles. The van der Waals surface area contributed by atoms with Gasteiger partial charge in [-0.15, -0.1) is 0 Å². The highest BCUT2D eigenvalue weighted by molar-refractivity contribution is 5.02. The quantitative estimate of drug-likeness (QED) is 0.540. The lowest BCUT2D eigenvalue weighted by Gasteiger charge is -2.57. The van der Waals surface area contributed by atoms with Crippen molar-refractivity contribution in [1.82, 2.24) is 0 Å². The maximum atomic E-state index is 6.09. The van der Waals surface area contributed by atoms with E-state index in [4.69, 9.17) is 4.74 Å². The Hall–Kier alpha value is -0.0400. The van der Waals surface area contributed by atoms with Gasteiger partial charge < -0.3 is 4.74 Å². The van der Waals surface area contributed by atoms with E-state index in [9.17, 15) is 0 Å². The summed E-state index contributed by atoms with van der Waals surface area (Å²) in [4.78, 5) is 0. The number of hydrogen-bond acceptors (Lipinski definition) is 1. The lowest BCUT2D eigenvalue weighted by atomic mass is 9.60. The van der Waals surface area contributed by atoms with Crippen molar-refractivity contribution >= 4 is 0 Å². The van der Waals surface area contributed by atoms with Gasteiger partial charge in [-0.25, -0.2) is 0 Å². The van der Waals surface area contributed by atoms with Crippen LogP contribution in [-0.4, -0.2) is 11.7 Å². The van der Waals surface area contributed by atoms with E-state index in [0.29, 0.717) is 11.5 Å². The summed E-state index contributed by atoms with van der Waals surface area (Å²) in [6, 6.07) is 0. The Balaban J connectivity index is 2.27. The van der Waals surface area contributed by atoms with Crippen molar-refractivity contribution in [3.8, 4) is 0 Å². The van der Waals surface area contributed by atoms with Crippen LogP contribution >= 0.6 is 0 Å². The zero-order valence-corrected chi connectivity index (χ0v) is 8.68. The van der Waals surface area contributed by atoms with Gasteiger partial charge in [0.1, 0.15) is 0 Å². The Kier molecular flexibility index (Phi) is 1.61. The topological polar surface area (TPSA) is 9.23 Å². The molecule has 4 unspecified atom stereocenters. The van der Waals surface area contributed by atoms with Crippen LogP contribution in [0.4, 0.5) is 0 Å². The van der Waals surface area contributed by atoms with Crippen LogP contribution in [0.5, 0.6) is 0 Å². The minimum atomic E-state index is 0.192. The van der Waals surface area contributed by atoms with E-state index < -0.39 is 0 Å². The molecule has 3 aliphatic rings. The lowest BCUT2D eigenvalue weighted by Crippen LogP contribution is -2.57. The van der Waals surface area contributed by atoms with E-state index >= 15 is 0 Å². The second kappa shape index (κ2) is 2.25. The molecular weight excluding hydrogens is 148 g/mol. The summed E-state index contributed by atoms with van der Waals surface area (Å²) in [7, 11) is 0. The minimum absolute atomic E-state index is 0.192. The van der Waals surface area contributed by atoms with Gasteiger partial charge in [-0.1, -0.05) is 13.8 Å². The second-order valence-electron chi connectivity index (χ2n) is 5.33. The van der Waals surface area contributed by atoms with Crippen molar-refractivity contribution in [1.29, 1.82) is 0 Å². The van der Waals surface area contributed by atoms with E-state index in [0.717, 1.165) is 5.92 Å². The molecule has 1 nitrogen and oxygen atoms in total. The summed E-state index contributed by atoms with van der Waals surface area (Å²) in [5.74, 6) is 0.743. The summed E-state index contributed by atoms with van der Waals surface area (Å²) in [6.07, 6.45) is 4.43. The fraction of sp³-hybridized carbons (Fsp3) is 1.00. The molecule has 0 N–H and O–H groups in total. The first kappa shape index (κ1) is 8.55. The van der Waals surface area contributed by atoms with Crippen molar-refractivity contribution in [3.05, 3.63) is 0 Å². The van der Waals surface area contributed by atoms with Gasteiger partial charge in [0, 0.05) is 0 Å². The third-order valence-electron chi connectivity index (χ3n) is 4.43. The molecule has 4 atom stereocenters. The third kappa shape index (κ3) is 0.953. The molecule has 2 aliphatic heterocycles. The van der Waals surface area contributed by atoms with E-state index in [1.165, 1.54) is 19.3 Å². The third-order valence-corrected chi connectivity index (χ3v) is 4.43. The van der Waals surface area contributed by atoms with Crippen molar-refractivity contribution < 1.29 is 4.74 Å². The van der Waals surface area contributed by atoms with Gasteiger partial charge in [0.15, 0.2) is 0 Å².